The van der Waals surface area contributed by atoms with Crippen LogP contribution >= 0.6 is 0 Å². The van der Waals surface area contributed by atoms with Crippen LogP contribution < -0.4 is 0 Å². The van der Waals surface area contributed by atoms with Crippen LogP contribution in [-0.2, 0) is 14.8 Å². The molecule has 2 fully saturated rings. The highest BCUT2D eigenvalue weighted by Crippen LogP contribution is 2.30. The molecule has 1 aromatic rings. The van der Waals surface area contributed by atoms with E-state index in [0.29, 0.717) is 19.7 Å². The Morgan fingerprint density at radius 3 is 2.50 bits per heavy atom. The van der Waals surface area contributed by atoms with Crippen molar-refractivity contribution in [2.24, 2.45) is 0 Å². The minimum atomic E-state index is -3.15. The molecule has 1 unspecified atom stereocenters. The summed E-state index contributed by atoms with van der Waals surface area (Å²) in [5.74, 6) is 0. The summed E-state index contributed by atoms with van der Waals surface area (Å²) in [6.45, 7) is 1.41. The first-order chi connectivity index (χ1) is 9.68. The van der Waals surface area contributed by atoms with Gasteiger partial charge in [0.25, 0.3) is 0 Å². The fourth-order valence-electron chi connectivity index (χ4n) is 3.12. The molecule has 110 valence electrons. The topological polar surface area (TPSA) is 46.6 Å². The average molecular weight is 295 g/mol. The minimum absolute atomic E-state index is 0.138. The van der Waals surface area contributed by atoms with Crippen LogP contribution in [0.4, 0.5) is 0 Å². The van der Waals surface area contributed by atoms with Crippen molar-refractivity contribution < 1.29 is 13.2 Å². The van der Waals surface area contributed by atoms with Crippen molar-refractivity contribution in [3.63, 3.8) is 0 Å². The smallest absolute Gasteiger partial charge is 0.217 e. The molecule has 1 aliphatic carbocycles. The van der Waals surface area contributed by atoms with Gasteiger partial charge in [-0.2, -0.15) is 4.31 Å². The van der Waals surface area contributed by atoms with Crippen molar-refractivity contribution in [1.82, 2.24) is 4.31 Å². The van der Waals surface area contributed by atoms with E-state index < -0.39 is 10.0 Å². The van der Waals surface area contributed by atoms with Gasteiger partial charge in [0.05, 0.1) is 18.0 Å². The van der Waals surface area contributed by atoms with Crippen LogP contribution in [0.3, 0.4) is 0 Å². The quantitative estimate of drug-likeness (QED) is 0.860. The van der Waals surface area contributed by atoms with Gasteiger partial charge in [0.2, 0.25) is 10.0 Å². The Hall–Kier alpha value is -0.910. The standard InChI is InChI=1S/C15H21NO3S/c17-20(18,14-8-4-5-9-14)16-10-11-19-15(12-16)13-6-2-1-3-7-13/h1-3,6-7,14-15H,4-5,8-12H2. The molecule has 0 bridgehead atoms. The van der Waals surface area contributed by atoms with Crippen LogP contribution in [0.2, 0.25) is 0 Å². The summed E-state index contributed by atoms with van der Waals surface area (Å²) in [6, 6.07) is 9.87. The van der Waals surface area contributed by atoms with E-state index in [1.165, 1.54) is 0 Å². The minimum Gasteiger partial charge on any atom is -0.371 e. The second-order valence-electron chi connectivity index (χ2n) is 5.58. The maximum atomic E-state index is 12.6. The zero-order chi connectivity index (χ0) is 14.0. The zero-order valence-electron chi connectivity index (χ0n) is 11.6. The highest BCUT2D eigenvalue weighted by Gasteiger charge is 2.37. The maximum Gasteiger partial charge on any atom is 0.217 e. The zero-order valence-corrected chi connectivity index (χ0v) is 12.4. The van der Waals surface area contributed by atoms with Crippen molar-refractivity contribution in [2.75, 3.05) is 19.7 Å². The third kappa shape index (κ3) is 2.75. The number of morpholine rings is 1. The van der Waals surface area contributed by atoms with Crippen LogP contribution in [0.5, 0.6) is 0 Å². The molecule has 0 N–H and O–H groups in total. The highest BCUT2D eigenvalue weighted by molar-refractivity contribution is 7.89. The third-order valence-corrected chi connectivity index (χ3v) is 6.65. The van der Waals surface area contributed by atoms with Gasteiger partial charge >= 0.3 is 0 Å². The molecule has 4 nitrogen and oxygen atoms in total. The van der Waals surface area contributed by atoms with E-state index >= 15 is 0 Å². The molecule has 2 aliphatic rings. The first kappa shape index (κ1) is 14.0. The molecule has 0 spiro atoms. The lowest BCUT2D eigenvalue weighted by Gasteiger charge is -2.34. The summed E-state index contributed by atoms with van der Waals surface area (Å²) in [5.41, 5.74) is 1.05. The van der Waals surface area contributed by atoms with E-state index in [4.69, 9.17) is 4.74 Å². The van der Waals surface area contributed by atoms with Gasteiger partial charge in [-0.15, -0.1) is 0 Å². The molecule has 1 aromatic carbocycles. The van der Waals surface area contributed by atoms with Crippen molar-refractivity contribution >= 4 is 10.0 Å². The summed E-state index contributed by atoms with van der Waals surface area (Å²) in [5, 5.41) is -0.169. The predicted octanol–water partition coefficient (Wildman–Crippen LogP) is 2.33. The number of hydrogen-bond acceptors (Lipinski definition) is 3. The van der Waals surface area contributed by atoms with Gasteiger partial charge in [-0.1, -0.05) is 43.2 Å². The predicted molar refractivity (Wildman–Crippen MR) is 77.9 cm³/mol. The second kappa shape index (κ2) is 5.84. The molecule has 1 saturated heterocycles. The van der Waals surface area contributed by atoms with Crippen molar-refractivity contribution in [1.29, 1.82) is 0 Å². The number of nitrogens with zero attached hydrogens (tertiary/aromatic N) is 1. The Bertz CT molecular complexity index is 537. The van der Waals surface area contributed by atoms with E-state index in [-0.39, 0.29) is 11.4 Å². The molecule has 0 aromatic heterocycles. The van der Waals surface area contributed by atoms with Gasteiger partial charge in [0.1, 0.15) is 0 Å². The second-order valence-corrected chi connectivity index (χ2v) is 7.79. The summed E-state index contributed by atoms with van der Waals surface area (Å²) in [6.07, 6.45) is 3.57. The number of rotatable bonds is 3. The van der Waals surface area contributed by atoms with Crippen LogP contribution in [0, 0.1) is 0 Å². The number of benzene rings is 1. The fraction of sp³-hybridized carbons (Fsp3) is 0.600. The molecule has 3 rings (SSSR count). The van der Waals surface area contributed by atoms with Gasteiger partial charge in [-0.25, -0.2) is 8.42 Å². The molecule has 1 saturated carbocycles. The first-order valence-corrected chi connectivity index (χ1v) is 8.84. The molecule has 0 amide bonds. The molecular weight excluding hydrogens is 274 g/mol. The summed E-state index contributed by atoms with van der Waals surface area (Å²) >= 11 is 0. The third-order valence-electron chi connectivity index (χ3n) is 4.28. The number of sulfonamides is 1. The normalized spacial score (nSPS) is 25.9. The lowest BCUT2D eigenvalue weighted by atomic mass is 10.1. The Labute approximate surface area is 120 Å². The molecule has 5 heteroatoms. The van der Waals surface area contributed by atoms with E-state index in [1.807, 2.05) is 30.3 Å². The van der Waals surface area contributed by atoms with Gasteiger partial charge in [0.15, 0.2) is 0 Å². The Balaban J connectivity index is 1.75. The van der Waals surface area contributed by atoms with Gasteiger partial charge in [-0.3, -0.25) is 0 Å². The largest absolute Gasteiger partial charge is 0.371 e. The molecule has 0 radical (unpaired) electrons. The maximum absolute atomic E-state index is 12.6. The van der Waals surface area contributed by atoms with E-state index in [1.54, 1.807) is 4.31 Å². The highest BCUT2D eigenvalue weighted by atomic mass is 32.2. The molecule has 20 heavy (non-hydrogen) atoms. The average Bonchev–Trinajstić information content (AvgIpc) is 3.03. The molecule has 1 atom stereocenters. The van der Waals surface area contributed by atoms with Gasteiger partial charge in [0, 0.05) is 13.1 Å². The summed E-state index contributed by atoms with van der Waals surface area (Å²) in [7, 11) is -3.15. The van der Waals surface area contributed by atoms with E-state index in [2.05, 4.69) is 0 Å². The summed E-state index contributed by atoms with van der Waals surface area (Å²) < 4.78 is 32.7. The fourth-order valence-corrected chi connectivity index (χ4v) is 5.15. The lowest BCUT2D eigenvalue weighted by molar-refractivity contribution is -0.00282. The van der Waals surface area contributed by atoms with Crippen LogP contribution in [-0.4, -0.2) is 37.7 Å². The molecule has 1 heterocycles. The number of ether oxygens (including phenoxy) is 1. The van der Waals surface area contributed by atoms with Crippen LogP contribution in [0.25, 0.3) is 0 Å². The van der Waals surface area contributed by atoms with Crippen LogP contribution in [0.15, 0.2) is 30.3 Å². The Morgan fingerprint density at radius 1 is 1.10 bits per heavy atom. The monoisotopic (exact) mass is 295 g/mol. The molecule has 1 aliphatic heterocycles. The van der Waals surface area contributed by atoms with E-state index in [9.17, 15) is 8.42 Å². The Kier molecular flexibility index (Phi) is 4.10. The summed E-state index contributed by atoms with van der Waals surface area (Å²) in [4.78, 5) is 0. The van der Waals surface area contributed by atoms with E-state index in [0.717, 1.165) is 31.2 Å². The first-order valence-electron chi connectivity index (χ1n) is 7.33. The lowest BCUT2D eigenvalue weighted by Crippen LogP contribution is -2.45. The van der Waals surface area contributed by atoms with Crippen molar-refractivity contribution in [3.8, 4) is 0 Å². The van der Waals surface area contributed by atoms with Gasteiger partial charge < -0.3 is 4.74 Å². The SMILES string of the molecule is O=S(=O)(C1CCCC1)N1CCOC(c2ccccc2)C1. The van der Waals surface area contributed by atoms with Gasteiger partial charge in [-0.05, 0) is 18.4 Å². The molecular formula is C15H21NO3S. The van der Waals surface area contributed by atoms with Crippen LogP contribution in [0.1, 0.15) is 37.4 Å². The van der Waals surface area contributed by atoms with Crippen molar-refractivity contribution in [2.45, 2.75) is 37.0 Å². The Morgan fingerprint density at radius 2 is 1.80 bits per heavy atom. The van der Waals surface area contributed by atoms with Crippen molar-refractivity contribution in [3.05, 3.63) is 35.9 Å². The number of hydrogen-bond donors (Lipinski definition) is 0.